The zero-order valence-corrected chi connectivity index (χ0v) is 21.3. The van der Waals surface area contributed by atoms with Crippen molar-refractivity contribution in [1.29, 1.82) is 0 Å². The van der Waals surface area contributed by atoms with E-state index in [1.807, 2.05) is 30.3 Å². The molecule has 1 fully saturated rings. The number of methoxy groups -OCH3 is 1. The lowest BCUT2D eigenvalue weighted by Gasteiger charge is -2.28. The predicted molar refractivity (Wildman–Crippen MR) is 140 cm³/mol. The number of carbonyl (C=O) groups excluding carboxylic acids is 1. The molecule has 1 aliphatic rings. The van der Waals surface area contributed by atoms with Crippen LogP contribution in [0.2, 0.25) is 5.02 Å². The number of carbonyl (C=O) groups is 2. The molecule has 0 spiro atoms. The minimum absolute atomic E-state index is 0.160. The molecule has 1 saturated heterocycles. The van der Waals surface area contributed by atoms with Crippen LogP contribution in [0.4, 0.5) is 18.9 Å². The van der Waals surface area contributed by atoms with Gasteiger partial charge >= 0.3 is 12.1 Å². The Balaban J connectivity index is 0.000000505. The third-order valence-corrected chi connectivity index (χ3v) is 5.96. The fourth-order valence-corrected chi connectivity index (χ4v) is 3.87. The highest BCUT2D eigenvalue weighted by molar-refractivity contribution is 6.30. The number of amides is 1. The van der Waals surface area contributed by atoms with Crippen LogP contribution in [-0.2, 0) is 11.3 Å². The van der Waals surface area contributed by atoms with Gasteiger partial charge in [-0.2, -0.15) is 13.2 Å². The van der Waals surface area contributed by atoms with Gasteiger partial charge in [-0.15, -0.1) is 0 Å². The first-order valence-corrected chi connectivity index (χ1v) is 12.0. The van der Waals surface area contributed by atoms with Crippen molar-refractivity contribution in [3.05, 3.63) is 82.9 Å². The Morgan fingerprint density at radius 2 is 1.58 bits per heavy atom. The van der Waals surface area contributed by atoms with Crippen molar-refractivity contribution in [2.45, 2.75) is 12.7 Å². The summed E-state index contributed by atoms with van der Waals surface area (Å²) < 4.78 is 37.3. The van der Waals surface area contributed by atoms with Gasteiger partial charge in [-0.25, -0.2) is 4.79 Å². The molecule has 7 nitrogen and oxygen atoms in total. The molecule has 11 heteroatoms. The van der Waals surface area contributed by atoms with E-state index in [1.165, 1.54) is 5.56 Å². The molecule has 38 heavy (non-hydrogen) atoms. The van der Waals surface area contributed by atoms with Gasteiger partial charge in [-0.3, -0.25) is 9.69 Å². The average Bonchev–Trinajstić information content (AvgIpc) is 2.90. The second kappa shape index (κ2) is 13.3. The normalized spacial score (nSPS) is 13.7. The second-order valence-corrected chi connectivity index (χ2v) is 8.83. The van der Waals surface area contributed by atoms with Gasteiger partial charge in [0.15, 0.2) is 0 Å². The Labute approximate surface area is 223 Å². The maximum absolute atomic E-state index is 12.4. The molecular weight excluding hydrogens is 523 g/mol. The number of hydrogen-bond acceptors (Lipinski definition) is 5. The summed E-state index contributed by atoms with van der Waals surface area (Å²) in [4.78, 5) is 23.7. The Morgan fingerprint density at radius 3 is 2.13 bits per heavy atom. The summed E-state index contributed by atoms with van der Waals surface area (Å²) in [5.74, 6) is -2.01. The number of carboxylic acids is 1. The standard InChI is InChI=1S/C25H26ClN3O2.C2HF3O2/c1-31-24-11-6-20(16-21(24)17-29-14-12-27-13-15-29)18-4-9-23(10-5-18)28-25(30)19-2-7-22(26)8-3-19;3-2(4,5)1(6)7/h2-11,16,27H,12-15,17H2,1H3,(H,28,30);(H,6,7). The fraction of sp³-hybridized carbons (Fsp3) is 0.259. The van der Waals surface area contributed by atoms with Gasteiger partial charge in [-0.05, 0) is 59.7 Å². The smallest absolute Gasteiger partial charge is 0.490 e. The molecular formula is C27H27ClF3N3O4. The highest BCUT2D eigenvalue weighted by Crippen LogP contribution is 2.29. The molecule has 3 aromatic carbocycles. The predicted octanol–water partition coefficient (Wildman–Crippen LogP) is 5.31. The number of nitrogens with zero attached hydrogens (tertiary/aromatic N) is 1. The van der Waals surface area contributed by atoms with E-state index in [4.69, 9.17) is 26.2 Å². The molecule has 1 heterocycles. The fourth-order valence-electron chi connectivity index (χ4n) is 3.74. The number of hydrogen-bond donors (Lipinski definition) is 3. The number of carboxylic acid groups (broad SMARTS) is 1. The molecule has 0 atom stereocenters. The lowest BCUT2D eigenvalue weighted by molar-refractivity contribution is -0.192. The van der Waals surface area contributed by atoms with Crippen LogP contribution in [-0.4, -0.2) is 61.3 Å². The molecule has 202 valence electrons. The molecule has 0 aliphatic carbocycles. The SMILES string of the molecule is COc1ccc(-c2ccc(NC(=O)c3ccc(Cl)cc3)cc2)cc1CN1CCNCC1.O=C(O)C(F)(F)F. The van der Waals surface area contributed by atoms with E-state index < -0.39 is 12.1 Å². The third-order valence-electron chi connectivity index (χ3n) is 5.71. The first-order chi connectivity index (χ1) is 18.1. The summed E-state index contributed by atoms with van der Waals surface area (Å²) in [5, 5.41) is 14.0. The summed E-state index contributed by atoms with van der Waals surface area (Å²) in [6.45, 7) is 4.98. The van der Waals surface area contributed by atoms with Crippen LogP contribution in [0.15, 0.2) is 66.7 Å². The number of alkyl halides is 3. The van der Waals surface area contributed by atoms with Crippen molar-refractivity contribution in [3.8, 4) is 16.9 Å². The van der Waals surface area contributed by atoms with E-state index >= 15 is 0 Å². The summed E-state index contributed by atoms with van der Waals surface area (Å²) in [6.07, 6.45) is -5.08. The minimum Gasteiger partial charge on any atom is -0.496 e. The first kappa shape index (κ1) is 29.0. The van der Waals surface area contributed by atoms with E-state index in [0.717, 1.165) is 55.3 Å². The molecule has 3 N–H and O–H groups in total. The number of rotatable bonds is 6. The summed E-state index contributed by atoms with van der Waals surface area (Å²) in [6, 6.07) is 21.0. The topological polar surface area (TPSA) is 90.9 Å². The van der Waals surface area contributed by atoms with Crippen LogP contribution >= 0.6 is 11.6 Å². The van der Waals surface area contributed by atoms with Crippen molar-refractivity contribution in [2.24, 2.45) is 0 Å². The molecule has 0 unspecified atom stereocenters. The molecule has 0 radical (unpaired) electrons. The van der Waals surface area contributed by atoms with Crippen molar-refractivity contribution in [2.75, 3.05) is 38.6 Å². The summed E-state index contributed by atoms with van der Waals surface area (Å²) >= 11 is 5.89. The molecule has 0 aromatic heterocycles. The number of nitrogens with one attached hydrogen (secondary N) is 2. The number of ether oxygens (including phenoxy) is 1. The number of benzene rings is 3. The zero-order chi connectivity index (χ0) is 27.7. The Bertz CT molecular complexity index is 1230. The summed E-state index contributed by atoms with van der Waals surface area (Å²) in [7, 11) is 1.72. The number of halogens is 4. The molecule has 1 aliphatic heterocycles. The van der Waals surface area contributed by atoms with Gasteiger partial charge < -0.3 is 20.5 Å². The summed E-state index contributed by atoms with van der Waals surface area (Å²) in [5.41, 5.74) is 4.72. The monoisotopic (exact) mass is 549 g/mol. The van der Waals surface area contributed by atoms with E-state index in [2.05, 4.69) is 27.7 Å². The van der Waals surface area contributed by atoms with Crippen LogP contribution < -0.4 is 15.4 Å². The number of aliphatic carboxylic acids is 1. The lowest BCUT2D eigenvalue weighted by atomic mass is 10.0. The molecule has 3 aromatic rings. The highest BCUT2D eigenvalue weighted by atomic mass is 35.5. The minimum atomic E-state index is -5.08. The molecule has 0 saturated carbocycles. The van der Waals surface area contributed by atoms with Crippen LogP contribution in [0.5, 0.6) is 5.75 Å². The largest absolute Gasteiger partial charge is 0.496 e. The maximum Gasteiger partial charge on any atom is 0.490 e. The van der Waals surface area contributed by atoms with Crippen molar-refractivity contribution in [3.63, 3.8) is 0 Å². The van der Waals surface area contributed by atoms with Gasteiger partial charge in [0, 0.05) is 54.6 Å². The van der Waals surface area contributed by atoms with Crippen molar-refractivity contribution < 1.29 is 32.6 Å². The maximum atomic E-state index is 12.4. The quantitative estimate of drug-likeness (QED) is 0.386. The van der Waals surface area contributed by atoms with Crippen LogP contribution in [0.1, 0.15) is 15.9 Å². The van der Waals surface area contributed by atoms with Crippen molar-refractivity contribution >= 4 is 29.2 Å². The molecule has 1 amide bonds. The molecule has 0 bridgehead atoms. The van der Waals surface area contributed by atoms with Gasteiger partial charge in [0.25, 0.3) is 5.91 Å². The van der Waals surface area contributed by atoms with Gasteiger partial charge in [0.1, 0.15) is 5.75 Å². The third kappa shape index (κ3) is 8.47. The average molecular weight is 550 g/mol. The number of anilines is 1. The van der Waals surface area contributed by atoms with E-state index in [0.29, 0.717) is 10.6 Å². The Kier molecular flexibility index (Phi) is 10.1. The van der Waals surface area contributed by atoms with Gasteiger partial charge in [0.2, 0.25) is 0 Å². The van der Waals surface area contributed by atoms with Gasteiger partial charge in [0.05, 0.1) is 7.11 Å². The Hall–Kier alpha value is -3.60. The van der Waals surface area contributed by atoms with E-state index in [-0.39, 0.29) is 5.91 Å². The second-order valence-electron chi connectivity index (χ2n) is 8.39. The Morgan fingerprint density at radius 1 is 1.00 bits per heavy atom. The van der Waals surface area contributed by atoms with Crippen LogP contribution in [0.3, 0.4) is 0 Å². The molecule has 4 rings (SSSR count). The van der Waals surface area contributed by atoms with E-state index in [9.17, 15) is 18.0 Å². The number of piperazine rings is 1. The van der Waals surface area contributed by atoms with Crippen LogP contribution in [0.25, 0.3) is 11.1 Å². The lowest BCUT2D eigenvalue weighted by Crippen LogP contribution is -2.42. The van der Waals surface area contributed by atoms with E-state index in [1.54, 1.807) is 31.4 Å². The van der Waals surface area contributed by atoms with Crippen molar-refractivity contribution in [1.82, 2.24) is 10.2 Å². The van der Waals surface area contributed by atoms with Gasteiger partial charge in [-0.1, -0.05) is 29.8 Å². The first-order valence-electron chi connectivity index (χ1n) is 11.6. The van der Waals surface area contributed by atoms with Crippen LogP contribution in [0, 0.1) is 0 Å². The highest BCUT2D eigenvalue weighted by Gasteiger charge is 2.38. The zero-order valence-electron chi connectivity index (χ0n) is 20.5.